The van der Waals surface area contributed by atoms with Gasteiger partial charge in [0.2, 0.25) is 0 Å². The fourth-order valence-electron chi connectivity index (χ4n) is 1.28. The van der Waals surface area contributed by atoms with Crippen molar-refractivity contribution < 1.29 is 0 Å². The molecular weight excluding hydrogens is 204 g/mol. The Morgan fingerprint density at radius 2 is 1.60 bits per heavy atom. The highest BCUT2D eigenvalue weighted by atomic mass is 35.5. The van der Waals surface area contributed by atoms with Crippen LogP contribution in [0.2, 0.25) is 5.02 Å². The number of aryl methyl sites for hydroxylation is 1. The molecule has 15 heavy (non-hydrogen) atoms. The van der Waals surface area contributed by atoms with Crippen LogP contribution in [0, 0.1) is 6.92 Å². The van der Waals surface area contributed by atoms with Crippen LogP contribution in [0.1, 0.15) is 51.5 Å². The second-order valence-corrected chi connectivity index (χ2v) is 4.30. The molecule has 0 saturated carbocycles. The van der Waals surface area contributed by atoms with Gasteiger partial charge in [-0.05, 0) is 24.6 Å². The number of hydrogen-bond acceptors (Lipinski definition) is 0. The number of benzene rings is 1. The van der Waals surface area contributed by atoms with Crippen LogP contribution in [0.4, 0.5) is 0 Å². The summed E-state index contributed by atoms with van der Waals surface area (Å²) in [6.07, 6.45) is 7.01. The van der Waals surface area contributed by atoms with E-state index in [1.165, 1.54) is 37.7 Å². The Labute approximate surface area is 99.7 Å². The van der Waals surface area contributed by atoms with Crippen molar-refractivity contribution in [1.29, 1.82) is 0 Å². The fourth-order valence-corrected chi connectivity index (χ4v) is 1.53. The highest BCUT2D eigenvalue weighted by molar-refractivity contribution is 6.30. The SMILES string of the molecule is CCCCCCC.Cc1cccc(Cl)c1. The topological polar surface area (TPSA) is 0 Å². The van der Waals surface area contributed by atoms with Crippen molar-refractivity contribution in [2.24, 2.45) is 0 Å². The van der Waals surface area contributed by atoms with Gasteiger partial charge in [-0.25, -0.2) is 0 Å². The summed E-state index contributed by atoms with van der Waals surface area (Å²) in [5.74, 6) is 0. The van der Waals surface area contributed by atoms with Crippen LogP contribution in [-0.4, -0.2) is 0 Å². The minimum absolute atomic E-state index is 0.810. The molecule has 0 spiro atoms. The van der Waals surface area contributed by atoms with Crippen LogP contribution in [0.15, 0.2) is 24.3 Å². The molecule has 0 heterocycles. The normalized spacial score (nSPS) is 9.33. The van der Waals surface area contributed by atoms with Crippen molar-refractivity contribution in [2.45, 2.75) is 52.9 Å². The standard InChI is InChI=1S/C7H7Cl.C7H16/c1-6-3-2-4-7(8)5-6;1-3-5-7-6-4-2/h2-5H,1H3;3-7H2,1-2H3. The van der Waals surface area contributed by atoms with Gasteiger partial charge < -0.3 is 0 Å². The van der Waals surface area contributed by atoms with Gasteiger partial charge in [0.15, 0.2) is 0 Å². The van der Waals surface area contributed by atoms with E-state index in [-0.39, 0.29) is 0 Å². The summed E-state index contributed by atoms with van der Waals surface area (Å²) in [6.45, 7) is 6.51. The first-order valence-electron chi connectivity index (χ1n) is 5.92. The molecule has 0 saturated heterocycles. The quantitative estimate of drug-likeness (QED) is 0.584. The summed E-state index contributed by atoms with van der Waals surface area (Å²) < 4.78 is 0. The highest BCUT2D eigenvalue weighted by Crippen LogP contribution is 2.08. The summed E-state index contributed by atoms with van der Waals surface area (Å²) in [4.78, 5) is 0. The molecule has 1 heteroatoms. The van der Waals surface area contributed by atoms with Gasteiger partial charge in [-0.3, -0.25) is 0 Å². The van der Waals surface area contributed by atoms with E-state index in [9.17, 15) is 0 Å². The van der Waals surface area contributed by atoms with E-state index < -0.39 is 0 Å². The summed E-state index contributed by atoms with van der Waals surface area (Å²) in [5, 5.41) is 0.810. The molecule has 0 aliphatic heterocycles. The van der Waals surface area contributed by atoms with E-state index in [0.29, 0.717) is 0 Å². The molecule has 0 unspecified atom stereocenters. The summed E-state index contributed by atoms with van der Waals surface area (Å²) in [6, 6.07) is 7.76. The fraction of sp³-hybridized carbons (Fsp3) is 0.571. The van der Waals surface area contributed by atoms with Crippen LogP contribution >= 0.6 is 11.6 Å². The monoisotopic (exact) mass is 226 g/mol. The van der Waals surface area contributed by atoms with E-state index in [4.69, 9.17) is 11.6 Å². The van der Waals surface area contributed by atoms with Crippen molar-refractivity contribution in [3.05, 3.63) is 34.9 Å². The average Bonchev–Trinajstić information content (AvgIpc) is 2.19. The maximum atomic E-state index is 5.64. The predicted octanol–water partition coefficient (Wildman–Crippen LogP) is 5.63. The van der Waals surface area contributed by atoms with E-state index in [1.54, 1.807) is 0 Å². The largest absolute Gasteiger partial charge is 0.0843 e. The van der Waals surface area contributed by atoms with Gasteiger partial charge >= 0.3 is 0 Å². The Morgan fingerprint density at radius 1 is 1.00 bits per heavy atom. The molecular formula is C14H23Cl. The average molecular weight is 227 g/mol. The minimum Gasteiger partial charge on any atom is -0.0843 e. The van der Waals surface area contributed by atoms with Crippen LogP contribution in [0.5, 0.6) is 0 Å². The molecule has 0 radical (unpaired) electrons. The zero-order valence-corrected chi connectivity index (χ0v) is 11.0. The molecule has 1 aromatic rings. The van der Waals surface area contributed by atoms with Crippen LogP contribution in [0.3, 0.4) is 0 Å². The molecule has 0 nitrogen and oxygen atoms in total. The molecule has 0 atom stereocenters. The molecule has 0 aliphatic rings. The van der Waals surface area contributed by atoms with E-state index in [1.807, 2.05) is 31.2 Å². The molecule has 1 rings (SSSR count). The number of hydrogen-bond donors (Lipinski definition) is 0. The molecule has 0 amide bonds. The number of unbranched alkanes of at least 4 members (excludes halogenated alkanes) is 4. The molecule has 0 fully saturated rings. The second-order valence-electron chi connectivity index (χ2n) is 3.86. The van der Waals surface area contributed by atoms with Gasteiger partial charge in [-0.1, -0.05) is 69.7 Å². The zero-order chi connectivity index (χ0) is 11.5. The van der Waals surface area contributed by atoms with E-state index in [2.05, 4.69) is 13.8 Å². The van der Waals surface area contributed by atoms with Gasteiger partial charge in [0.1, 0.15) is 0 Å². The Morgan fingerprint density at radius 3 is 1.93 bits per heavy atom. The van der Waals surface area contributed by atoms with Crippen molar-refractivity contribution in [1.82, 2.24) is 0 Å². The molecule has 0 bridgehead atoms. The summed E-state index contributed by atoms with van der Waals surface area (Å²) in [7, 11) is 0. The van der Waals surface area contributed by atoms with Crippen molar-refractivity contribution in [2.75, 3.05) is 0 Å². The smallest absolute Gasteiger partial charge is 0.0408 e. The third-order valence-corrected chi connectivity index (χ3v) is 2.42. The molecule has 0 aliphatic carbocycles. The first kappa shape index (κ1) is 14.5. The first-order valence-corrected chi connectivity index (χ1v) is 6.30. The lowest BCUT2D eigenvalue weighted by molar-refractivity contribution is 0.656. The van der Waals surface area contributed by atoms with E-state index >= 15 is 0 Å². The van der Waals surface area contributed by atoms with Crippen molar-refractivity contribution in [3.8, 4) is 0 Å². The highest BCUT2D eigenvalue weighted by Gasteiger charge is 1.83. The van der Waals surface area contributed by atoms with Gasteiger partial charge in [0, 0.05) is 5.02 Å². The van der Waals surface area contributed by atoms with Crippen LogP contribution in [0.25, 0.3) is 0 Å². The van der Waals surface area contributed by atoms with Crippen LogP contribution < -0.4 is 0 Å². The molecule has 0 aromatic heterocycles. The Hall–Kier alpha value is -0.490. The van der Waals surface area contributed by atoms with Crippen LogP contribution in [-0.2, 0) is 0 Å². The lowest BCUT2D eigenvalue weighted by Crippen LogP contribution is -1.70. The van der Waals surface area contributed by atoms with Gasteiger partial charge in [-0.15, -0.1) is 0 Å². The molecule has 0 N–H and O–H groups in total. The van der Waals surface area contributed by atoms with Gasteiger partial charge in [0.05, 0.1) is 0 Å². The van der Waals surface area contributed by atoms with Gasteiger partial charge in [0.25, 0.3) is 0 Å². The lowest BCUT2D eigenvalue weighted by atomic mass is 10.2. The summed E-state index contributed by atoms with van der Waals surface area (Å²) >= 11 is 5.64. The van der Waals surface area contributed by atoms with Crippen molar-refractivity contribution >= 4 is 11.6 Å². The maximum Gasteiger partial charge on any atom is 0.0408 e. The molecule has 86 valence electrons. The third kappa shape index (κ3) is 9.81. The molecule has 1 aromatic carbocycles. The Bertz CT molecular complexity index is 222. The first-order chi connectivity index (χ1) is 7.20. The van der Waals surface area contributed by atoms with E-state index in [0.717, 1.165) is 5.02 Å². The second kappa shape index (κ2) is 10.0. The Kier molecular flexibility index (Phi) is 9.71. The lowest BCUT2D eigenvalue weighted by Gasteiger charge is -1.90. The van der Waals surface area contributed by atoms with Crippen molar-refractivity contribution in [3.63, 3.8) is 0 Å². The maximum absolute atomic E-state index is 5.64. The van der Waals surface area contributed by atoms with Gasteiger partial charge in [-0.2, -0.15) is 0 Å². The number of rotatable bonds is 4. The number of halogens is 1. The minimum atomic E-state index is 0.810. The third-order valence-electron chi connectivity index (χ3n) is 2.19. The zero-order valence-electron chi connectivity index (χ0n) is 10.2. The predicted molar refractivity (Wildman–Crippen MR) is 70.6 cm³/mol. The Balaban J connectivity index is 0.000000265. The summed E-state index contributed by atoms with van der Waals surface area (Å²) in [5.41, 5.74) is 1.21.